The molecule has 1 amide bonds. The molecule has 31 heavy (non-hydrogen) atoms. The summed E-state index contributed by atoms with van der Waals surface area (Å²) in [5.74, 6) is 0.397. The Balaban J connectivity index is 1.21. The Morgan fingerprint density at radius 3 is 3.03 bits per heavy atom. The van der Waals surface area contributed by atoms with Gasteiger partial charge in [0.15, 0.2) is 6.29 Å². The van der Waals surface area contributed by atoms with Gasteiger partial charge in [-0.1, -0.05) is 6.07 Å². The van der Waals surface area contributed by atoms with Crippen molar-refractivity contribution in [2.75, 3.05) is 25.0 Å². The number of anilines is 1. The molecule has 0 aromatic carbocycles. The lowest BCUT2D eigenvalue weighted by atomic mass is 10.1. The number of amides is 1. The second-order valence-electron chi connectivity index (χ2n) is 7.84. The fraction of sp³-hybridized carbons (Fsp3) is 0.500. The summed E-state index contributed by atoms with van der Waals surface area (Å²) in [7, 11) is 0. The molecule has 2 aromatic heterocycles. The van der Waals surface area contributed by atoms with Crippen molar-refractivity contribution in [2.24, 2.45) is 0 Å². The van der Waals surface area contributed by atoms with E-state index in [1.54, 1.807) is 29.8 Å². The molecule has 2 aliphatic rings. The van der Waals surface area contributed by atoms with E-state index in [0.717, 1.165) is 51.1 Å². The van der Waals surface area contributed by atoms with Crippen LogP contribution < -0.4 is 10.8 Å². The van der Waals surface area contributed by atoms with Gasteiger partial charge in [0.2, 0.25) is 0 Å². The summed E-state index contributed by atoms with van der Waals surface area (Å²) >= 11 is 1.81. The molecule has 2 aromatic rings. The summed E-state index contributed by atoms with van der Waals surface area (Å²) in [5.41, 5.74) is 3.00. The number of carbonyl (C=O) groups excluding carboxylic acids is 1. The zero-order valence-corrected chi connectivity index (χ0v) is 18.4. The van der Waals surface area contributed by atoms with Crippen molar-refractivity contribution in [2.45, 2.75) is 51.0 Å². The van der Waals surface area contributed by atoms with Crippen molar-refractivity contribution in [3.63, 3.8) is 0 Å². The Kier molecular flexibility index (Phi) is 8.00. The molecule has 0 bridgehead atoms. The lowest BCUT2D eigenvalue weighted by Gasteiger charge is -2.33. The minimum absolute atomic E-state index is 0.355. The normalized spacial score (nSPS) is 22.5. The molecule has 2 aliphatic heterocycles. The minimum atomic E-state index is -0.364. The molecule has 0 radical (unpaired) electrons. The van der Waals surface area contributed by atoms with Gasteiger partial charge in [0.1, 0.15) is 5.82 Å². The maximum Gasteiger partial charge on any atom is 0.267 e. The first-order valence-corrected chi connectivity index (χ1v) is 11.7. The zero-order chi connectivity index (χ0) is 21.3. The van der Waals surface area contributed by atoms with Crippen molar-refractivity contribution >= 4 is 29.1 Å². The highest BCUT2D eigenvalue weighted by molar-refractivity contribution is 7.09. The lowest BCUT2D eigenvalue weighted by molar-refractivity contribution is -0.198. The molecule has 2 atom stereocenters. The van der Waals surface area contributed by atoms with Crippen LogP contribution in [0.4, 0.5) is 5.82 Å². The van der Waals surface area contributed by atoms with Gasteiger partial charge >= 0.3 is 0 Å². The van der Waals surface area contributed by atoms with E-state index in [2.05, 4.69) is 43.2 Å². The molecule has 0 saturated carbocycles. The van der Waals surface area contributed by atoms with Crippen LogP contribution in [0.25, 0.3) is 6.08 Å². The molecule has 8 nitrogen and oxygen atoms in total. The average Bonchev–Trinajstić information content (AvgIpc) is 3.31. The van der Waals surface area contributed by atoms with Crippen LogP contribution in [0, 0.1) is 0 Å². The summed E-state index contributed by atoms with van der Waals surface area (Å²) in [6.07, 6.45) is 11.1. The molecule has 0 spiro atoms. The van der Waals surface area contributed by atoms with E-state index in [1.807, 2.05) is 0 Å². The summed E-state index contributed by atoms with van der Waals surface area (Å²) in [6, 6.07) is 4.65. The highest BCUT2D eigenvalue weighted by Crippen LogP contribution is 2.19. The minimum Gasteiger partial charge on any atom is -0.365 e. The molecule has 2 fully saturated rings. The van der Waals surface area contributed by atoms with Crippen LogP contribution in [0.1, 0.15) is 42.7 Å². The number of hydroxylamine groups is 1. The number of hydrogen-bond donors (Lipinski definition) is 2. The summed E-state index contributed by atoms with van der Waals surface area (Å²) in [6.45, 7) is 3.79. The maximum absolute atomic E-state index is 11.9. The first kappa shape index (κ1) is 21.9. The summed E-state index contributed by atoms with van der Waals surface area (Å²) in [4.78, 5) is 29.9. The lowest BCUT2D eigenvalue weighted by Crippen LogP contribution is -2.41. The predicted octanol–water partition coefficient (Wildman–Crippen LogP) is 3.20. The van der Waals surface area contributed by atoms with Crippen LogP contribution >= 0.6 is 11.3 Å². The number of hydrogen-bond acceptors (Lipinski definition) is 8. The Hall–Kier alpha value is -2.33. The molecule has 4 heterocycles. The third kappa shape index (κ3) is 7.10. The number of nitrogens with zero attached hydrogens (tertiary/aromatic N) is 3. The monoisotopic (exact) mass is 443 g/mol. The second kappa shape index (κ2) is 11.3. The van der Waals surface area contributed by atoms with Gasteiger partial charge in [0.05, 0.1) is 18.1 Å². The van der Waals surface area contributed by atoms with E-state index in [9.17, 15) is 4.79 Å². The smallest absolute Gasteiger partial charge is 0.267 e. The van der Waals surface area contributed by atoms with Crippen LogP contribution in [0.5, 0.6) is 0 Å². The van der Waals surface area contributed by atoms with Crippen LogP contribution in [-0.4, -0.2) is 52.8 Å². The summed E-state index contributed by atoms with van der Waals surface area (Å²) in [5, 5.41) is 5.62. The number of piperidine rings is 1. The Bertz CT molecular complexity index is 837. The molecular weight excluding hydrogens is 414 g/mol. The molecule has 1 unspecified atom stereocenters. The molecule has 0 aliphatic carbocycles. The van der Waals surface area contributed by atoms with Crippen LogP contribution in [0.15, 0.2) is 36.0 Å². The number of nitrogens with one attached hydrogen (secondary N) is 2. The topological polar surface area (TPSA) is 88.6 Å². The van der Waals surface area contributed by atoms with Gasteiger partial charge in [0.25, 0.3) is 5.91 Å². The zero-order valence-electron chi connectivity index (χ0n) is 17.5. The van der Waals surface area contributed by atoms with Gasteiger partial charge in [-0.3, -0.25) is 14.7 Å². The number of carbonyl (C=O) groups is 1. The number of ether oxygens (including phenoxy) is 1. The number of thiophene rings is 1. The fourth-order valence-corrected chi connectivity index (χ4v) is 4.52. The van der Waals surface area contributed by atoms with Gasteiger partial charge in [-0.25, -0.2) is 15.3 Å². The summed E-state index contributed by atoms with van der Waals surface area (Å²) < 4.78 is 5.41. The van der Waals surface area contributed by atoms with Crippen LogP contribution in [0.3, 0.4) is 0 Å². The molecule has 9 heteroatoms. The number of likely N-dealkylation sites (tertiary alicyclic amines) is 1. The Labute approximate surface area is 186 Å². The average molecular weight is 444 g/mol. The van der Waals surface area contributed by atoms with Gasteiger partial charge in [-0.05, 0) is 49.8 Å². The van der Waals surface area contributed by atoms with Crippen molar-refractivity contribution < 1.29 is 14.4 Å². The van der Waals surface area contributed by atoms with E-state index < -0.39 is 0 Å². The predicted molar refractivity (Wildman–Crippen MR) is 120 cm³/mol. The van der Waals surface area contributed by atoms with Crippen molar-refractivity contribution in [3.8, 4) is 0 Å². The highest BCUT2D eigenvalue weighted by atomic mass is 32.1. The highest BCUT2D eigenvalue weighted by Gasteiger charge is 2.20. The van der Waals surface area contributed by atoms with Gasteiger partial charge in [-0.2, -0.15) is 0 Å². The Morgan fingerprint density at radius 1 is 1.29 bits per heavy atom. The van der Waals surface area contributed by atoms with Crippen LogP contribution in [0.2, 0.25) is 0 Å². The van der Waals surface area contributed by atoms with E-state index in [-0.39, 0.29) is 12.2 Å². The van der Waals surface area contributed by atoms with Crippen molar-refractivity contribution in [1.82, 2.24) is 20.3 Å². The molecule has 166 valence electrons. The SMILES string of the molecule is O=C(C=Cc1cnc(N[C@@H]2CCCN(Cc3cccs3)C2)cn1)NOC1CCCCO1. The quantitative estimate of drug-likeness (QED) is 0.478. The fourth-order valence-electron chi connectivity index (χ4n) is 3.77. The van der Waals surface area contributed by atoms with Gasteiger partial charge in [0, 0.05) is 43.1 Å². The van der Waals surface area contributed by atoms with Crippen molar-refractivity contribution in [3.05, 3.63) is 46.6 Å². The molecule has 2 saturated heterocycles. The first-order chi connectivity index (χ1) is 15.2. The Morgan fingerprint density at radius 2 is 2.26 bits per heavy atom. The van der Waals surface area contributed by atoms with Crippen LogP contribution in [-0.2, 0) is 20.9 Å². The second-order valence-corrected chi connectivity index (χ2v) is 8.87. The van der Waals surface area contributed by atoms with E-state index in [0.29, 0.717) is 18.3 Å². The van der Waals surface area contributed by atoms with Crippen molar-refractivity contribution in [1.29, 1.82) is 0 Å². The standard InChI is InChI=1S/C22H29N5O3S/c28-21(26-30-22-7-1-2-11-29-22)9-8-17-13-24-20(14-23-17)25-18-5-3-10-27(15-18)16-19-6-4-12-31-19/h4,6,8-9,12-14,18,22H,1-3,5,7,10-11,15-16H2,(H,24,25)(H,26,28)/t18-,22?/m1/s1. The number of rotatable bonds is 8. The third-order valence-electron chi connectivity index (χ3n) is 5.32. The first-order valence-electron chi connectivity index (χ1n) is 10.8. The molecule has 2 N–H and O–H groups in total. The van der Waals surface area contributed by atoms with E-state index >= 15 is 0 Å². The van der Waals surface area contributed by atoms with E-state index in [4.69, 9.17) is 9.57 Å². The third-order valence-corrected chi connectivity index (χ3v) is 6.18. The molecular formula is C22H29N5O3S. The number of aromatic nitrogens is 2. The van der Waals surface area contributed by atoms with Gasteiger partial charge < -0.3 is 10.1 Å². The largest absolute Gasteiger partial charge is 0.365 e. The van der Waals surface area contributed by atoms with E-state index in [1.165, 1.54) is 17.4 Å². The molecule has 4 rings (SSSR count). The maximum atomic E-state index is 11.9. The van der Waals surface area contributed by atoms with Gasteiger partial charge in [-0.15, -0.1) is 11.3 Å².